The highest BCUT2D eigenvalue weighted by Gasteiger charge is 2.15. The monoisotopic (exact) mass is 510 g/mol. The van der Waals surface area contributed by atoms with Crippen LogP contribution in [-0.4, -0.2) is 42.5 Å². The van der Waals surface area contributed by atoms with E-state index in [1.54, 1.807) is 27.0 Å². The Hall–Kier alpha value is -3.31. The highest BCUT2D eigenvalue weighted by molar-refractivity contribution is 5.69. The first-order valence-electron chi connectivity index (χ1n) is 12.9. The minimum atomic E-state index is -0.725. The lowest BCUT2D eigenvalue weighted by atomic mass is 10.00. The van der Waals surface area contributed by atoms with Crippen molar-refractivity contribution in [2.24, 2.45) is 17.6 Å². The lowest BCUT2D eigenvalue weighted by Crippen LogP contribution is -2.28. The number of hydrogen-bond acceptors (Lipinski definition) is 7. The second kappa shape index (κ2) is 14.4. The van der Waals surface area contributed by atoms with Crippen molar-refractivity contribution in [2.75, 3.05) is 25.1 Å². The fraction of sp³-hybridized carbons (Fsp3) is 0.552. The van der Waals surface area contributed by atoms with Gasteiger partial charge in [0.1, 0.15) is 23.2 Å². The highest BCUT2D eigenvalue weighted by atomic mass is 16.6. The Labute approximate surface area is 221 Å². The third-order valence-electron chi connectivity index (χ3n) is 5.57. The number of aromatic nitrogens is 1. The SMILES string of the molecule is CC(C)(C)OC(N)=O.CC(C)CC(C)COc1ccc(-c2ccnc(NC3CCOCC3)c2)cc1C#N. The molecule has 1 aromatic carbocycles. The minimum absolute atomic E-state index is 0.393. The first-order chi connectivity index (χ1) is 17.5. The number of nitriles is 1. The number of nitrogens with two attached hydrogens (primary N) is 1. The van der Waals surface area contributed by atoms with Gasteiger partial charge in [0, 0.05) is 25.5 Å². The van der Waals surface area contributed by atoms with Crippen LogP contribution in [0.2, 0.25) is 0 Å². The Balaban J connectivity index is 0.000000521. The van der Waals surface area contributed by atoms with Crippen LogP contribution in [0.3, 0.4) is 0 Å². The predicted octanol–water partition coefficient (Wildman–Crippen LogP) is 6.15. The number of hydrogen-bond donors (Lipinski definition) is 2. The van der Waals surface area contributed by atoms with E-state index in [1.807, 2.05) is 30.3 Å². The Morgan fingerprint density at radius 1 is 1.19 bits per heavy atom. The number of carbonyl (C=O) groups is 1. The maximum absolute atomic E-state index is 10.0. The van der Waals surface area contributed by atoms with Crippen molar-refractivity contribution < 1.29 is 19.0 Å². The molecular formula is C29H42N4O4. The molecule has 1 aromatic heterocycles. The molecule has 0 spiro atoms. The Morgan fingerprint density at radius 3 is 2.43 bits per heavy atom. The van der Waals surface area contributed by atoms with Crippen molar-refractivity contribution in [3.05, 3.63) is 42.1 Å². The molecule has 3 rings (SSSR count). The molecule has 202 valence electrons. The van der Waals surface area contributed by atoms with Crippen LogP contribution in [-0.2, 0) is 9.47 Å². The zero-order chi connectivity index (χ0) is 27.4. The topological polar surface area (TPSA) is 119 Å². The van der Waals surface area contributed by atoms with Gasteiger partial charge in [-0.15, -0.1) is 0 Å². The van der Waals surface area contributed by atoms with Gasteiger partial charge in [0.15, 0.2) is 0 Å². The van der Waals surface area contributed by atoms with Gasteiger partial charge in [0.05, 0.1) is 12.2 Å². The fourth-order valence-corrected chi connectivity index (χ4v) is 4.07. The average molecular weight is 511 g/mol. The van der Waals surface area contributed by atoms with Gasteiger partial charge in [0.2, 0.25) is 0 Å². The number of rotatable bonds is 8. The number of benzene rings is 1. The highest BCUT2D eigenvalue weighted by Crippen LogP contribution is 2.28. The third-order valence-corrected chi connectivity index (χ3v) is 5.57. The van der Waals surface area contributed by atoms with Crippen LogP contribution in [0.4, 0.5) is 10.6 Å². The minimum Gasteiger partial charge on any atom is -0.492 e. The summed E-state index contributed by atoms with van der Waals surface area (Å²) >= 11 is 0. The van der Waals surface area contributed by atoms with Crippen LogP contribution in [0.1, 0.15) is 66.4 Å². The predicted molar refractivity (Wildman–Crippen MR) is 146 cm³/mol. The van der Waals surface area contributed by atoms with Crippen LogP contribution in [0, 0.1) is 23.2 Å². The second-order valence-corrected chi connectivity index (χ2v) is 10.9. The van der Waals surface area contributed by atoms with Gasteiger partial charge in [-0.2, -0.15) is 5.26 Å². The molecule has 1 saturated heterocycles. The molecule has 0 radical (unpaired) electrons. The molecule has 2 aromatic rings. The zero-order valence-electron chi connectivity index (χ0n) is 23.0. The lowest BCUT2D eigenvalue weighted by Gasteiger charge is -2.23. The largest absolute Gasteiger partial charge is 0.492 e. The summed E-state index contributed by atoms with van der Waals surface area (Å²) in [6, 6.07) is 12.5. The first-order valence-corrected chi connectivity index (χ1v) is 12.9. The number of nitrogens with one attached hydrogen (secondary N) is 1. The van der Waals surface area contributed by atoms with E-state index in [9.17, 15) is 10.1 Å². The summed E-state index contributed by atoms with van der Waals surface area (Å²) in [7, 11) is 0. The van der Waals surface area contributed by atoms with E-state index in [1.165, 1.54) is 0 Å². The van der Waals surface area contributed by atoms with Crippen molar-refractivity contribution in [1.29, 1.82) is 5.26 Å². The summed E-state index contributed by atoms with van der Waals surface area (Å²) in [5.74, 6) is 2.61. The number of anilines is 1. The number of nitrogens with zero attached hydrogens (tertiary/aromatic N) is 2. The molecule has 8 nitrogen and oxygen atoms in total. The van der Waals surface area contributed by atoms with Crippen molar-refractivity contribution in [3.63, 3.8) is 0 Å². The summed E-state index contributed by atoms with van der Waals surface area (Å²) in [6.45, 7) is 14.1. The zero-order valence-corrected chi connectivity index (χ0v) is 23.0. The van der Waals surface area contributed by atoms with Gasteiger partial charge < -0.3 is 25.3 Å². The molecule has 1 aliphatic rings. The van der Waals surface area contributed by atoms with Gasteiger partial charge in [0.25, 0.3) is 0 Å². The van der Waals surface area contributed by atoms with Gasteiger partial charge in [-0.1, -0.05) is 26.8 Å². The Kier molecular flexibility index (Phi) is 11.7. The summed E-state index contributed by atoms with van der Waals surface area (Å²) in [6.07, 6.45) is 4.18. The van der Waals surface area contributed by atoms with E-state index in [2.05, 4.69) is 41.9 Å². The molecule has 1 fully saturated rings. The molecule has 1 aliphatic heterocycles. The van der Waals surface area contributed by atoms with Crippen LogP contribution < -0.4 is 15.8 Å². The quantitative estimate of drug-likeness (QED) is 0.437. The van der Waals surface area contributed by atoms with Gasteiger partial charge in [-0.25, -0.2) is 9.78 Å². The Bertz CT molecular complexity index is 1040. The molecule has 2 heterocycles. The van der Waals surface area contributed by atoms with Crippen molar-refractivity contribution in [3.8, 4) is 22.9 Å². The molecule has 1 amide bonds. The summed E-state index contributed by atoms with van der Waals surface area (Å²) in [4.78, 5) is 14.5. The van der Waals surface area contributed by atoms with Crippen molar-refractivity contribution in [2.45, 2.75) is 72.4 Å². The van der Waals surface area contributed by atoms with Crippen LogP contribution in [0.5, 0.6) is 5.75 Å². The van der Waals surface area contributed by atoms with Gasteiger partial charge >= 0.3 is 6.09 Å². The van der Waals surface area contributed by atoms with Crippen molar-refractivity contribution >= 4 is 11.9 Å². The van der Waals surface area contributed by atoms with Gasteiger partial charge in [-0.05, 0) is 87.3 Å². The standard InChI is InChI=1S/C24H31N3O2.C5H11NO2/c1-17(2)12-18(3)16-29-23-5-4-19(13-21(23)15-25)20-6-9-26-24(14-20)27-22-7-10-28-11-8-22;1-5(2,3)8-4(6)7/h4-6,9,13-14,17-18,22H,7-8,10-12,16H2,1-3H3,(H,26,27);1-3H3,(H2,6,7). The fourth-order valence-electron chi connectivity index (χ4n) is 4.07. The number of pyridine rings is 1. The maximum Gasteiger partial charge on any atom is 0.405 e. The van der Waals surface area contributed by atoms with E-state index in [0.29, 0.717) is 35.8 Å². The summed E-state index contributed by atoms with van der Waals surface area (Å²) in [5, 5.41) is 13.1. The van der Waals surface area contributed by atoms with Crippen molar-refractivity contribution in [1.82, 2.24) is 4.98 Å². The maximum atomic E-state index is 10.0. The number of primary amides is 1. The number of amides is 1. The lowest BCUT2D eigenvalue weighted by molar-refractivity contribution is 0.0600. The van der Waals surface area contributed by atoms with E-state index >= 15 is 0 Å². The molecule has 37 heavy (non-hydrogen) atoms. The Morgan fingerprint density at radius 2 is 1.86 bits per heavy atom. The van der Waals surface area contributed by atoms with Crippen LogP contribution in [0.25, 0.3) is 11.1 Å². The molecule has 1 unspecified atom stereocenters. The number of ether oxygens (including phenoxy) is 3. The first kappa shape index (κ1) is 29.9. The molecule has 1 atom stereocenters. The average Bonchev–Trinajstić information content (AvgIpc) is 2.82. The van der Waals surface area contributed by atoms with E-state index in [0.717, 1.165) is 49.4 Å². The third kappa shape index (κ3) is 11.5. The molecule has 0 saturated carbocycles. The van der Waals surface area contributed by atoms with Gasteiger partial charge in [-0.3, -0.25) is 0 Å². The molecule has 0 bridgehead atoms. The van der Waals surface area contributed by atoms with E-state index in [4.69, 9.17) is 15.2 Å². The summed E-state index contributed by atoms with van der Waals surface area (Å²) in [5.41, 5.74) is 6.85. The van der Waals surface area contributed by atoms with Crippen LogP contribution in [0.15, 0.2) is 36.5 Å². The number of carbonyl (C=O) groups excluding carboxylic acids is 1. The molecule has 3 N–H and O–H groups in total. The van der Waals surface area contributed by atoms with Crippen LogP contribution >= 0.6 is 0 Å². The molecular weight excluding hydrogens is 468 g/mol. The molecule has 0 aliphatic carbocycles. The second-order valence-electron chi connectivity index (χ2n) is 10.9. The normalized spacial score (nSPS) is 14.6. The van der Waals surface area contributed by atoms with E-state index in [-0.39, 0.29) is 0 Å². The summed E-state index contributed by atoms with van der Waals surface area (Å²) < 4.78 is 15.9. The van der Waals surface area contributed by atoms with E-state index < -0.39 is 11.7 Å². The molecule has 8 heteroatoms. The smallest absolute Gasteiger partial charge is 0.405 e.